The Bertz CT molecular complexity index is 1160. The molecule has 2 amide bonds. The van der Waals surface area contributed by atoms with Crippen molar-refractivity contribution >= 4 is 29.8 Å². The summed E-state index contributed by atoms with van der Waals surface area (Å²) in [4.78, 5) is 39.4. The van der Waals surface area contributed by atoms with Gasteiger partial charge in [0.1, 0.15) is 17.1 Å². The number of hydrogen-bond donors (Lipinski definition) is 2. The molecule has 0 unspecified atom stereocenters. The van der Waals surface area contributed by atoms with Crippen molar-refractivity contribution in [2.75, 3.05) is 13.2 Å². The molecule has 0 fully saturated rings. The summed E-state index contributed by atoms with van der Waals surface area (Å²) in [6.07, 6.45) is 3.88. The van der Waals surface area contributed by atoms with Crippen LogP contribution in [0.3, 0.4) is 0 Å². The molecule has 0 saturated heterocycles. The van der Waals surface area contributed by atoms with E-state index in [1.165, 1.54) is 22.9 Å². The largest absolute Gasteiger partial charge is 0.484 e. The molecule has 0 aliphatic heterocycles. The fourth-order valence-corrected chi connectivity index (χ4v) is 2.61. The molecule has 1 aromatic carbocycles. The van der Waals surface area contributed by atoms with Crippen molar-refractivity contribution in [2.24, 2.45) is 4.99 Å². The van der Waals surface area contributed by atoms with Crippen molar-refractivity contribution in [3.63, 3.8) is 0 Å². The topological polar surface area (TPSA) is 102 Å². The number of aryl methyl sites for hydroxylation is 1. The number of carbonyl (C=O) groups excluding carboxylic acids is 3. The summed E-state index contributed by atoms with van der Waals surface area (Å²) in [5.41, 5.74) is 2.04. The maximum atomic E-state index is 13.4. The molecule has 1 heterocycles. The third-order valence-electron chi connectivity index (χ3n) is 4.27. The maximum Gasteiger partial charge on any atom is 0.262 e. The number of ether oxygens (including phenoxy) is 1. The minimum atomic E-state index is -0.645. The molecule has 2 N–H and O–H groups in total. The highest BCUT2D eigenvalue weighted by Crippen LogP contribution is 2.20. The lowest BCUT2D eigenvalue weighted by Gasteiger charge is -2.10. The number of pyridine rings is 1. The van der Waals surface area contributed by atoms with E-state index in [4.69, 9.17) is 16.3 Å². The quantitative estimate of drug-likeness (QED) is 0.408. The average molecular weight is 475 g/mol. The first-order chi connectivity index (χ1) is 15.7. The SMILES string of the molecule is C=C(CCNC(=O)/C(C)=C/N=c1cc(C)ccn1C=O)NC(=O)COc1ccc(Cl)c(F)c1. The summed E-state index contributed by atoms with van der Waals surface area (Å²) in [5.74, 6) is -1.30. The van der Waals surface area contributed by atoms with Crippen molar-refractivity contribution in [3.8, 4) is 5.75 Å². The molecule has 0 spiro atoms. The van der Waals surface area contributed by atoms with Crippen LogP contribution in [0.2, 0.25) is 5.02 Å². The Hall–Kier alpha value is -3.72. The Balaban J connectivity index is 1.78. The lowest BCUT2D eigenvalue weighted by Crippen LogP contribution is -2.31. The van der Waals surface area contributed by atoms with Crippen molar-refractivity contribution in [3.05, 3.63) is 82.5 Å². The molecule has 1 aromatic heterocycles. The Morgan fingerprint density at radius 3 is 2.76 bits per heavy atom. The monoisotopic (exact) mass is 474 g/mol. The lowest BCUT2D eigenvalue weighted by atomic mass is 10.3. The molecule has 2 aromatic rings. The Kier molecular flexibility index (Phi) is 9.56. The summed E-state index contributed by atoms with van der Waals surface area (Å²) in [6, 6.07) is 7.35. The maximum absolute atomic E-state index is 13.4. The Labute approximate surface area is 195 Å². The van der Waals surface area contributed by atoms with Crippen molar-refractivity contribution < 1.29 is 23.5 Å². The zero-order valence-corrected chi connectivity index (χ0v) is 19.0. The van der Waals surface area contributed by atoms with Crippen LogP contribution in [0.15, 0.2) is 65.6 Å². The molecule has 33 heavy (non-hydrogen) atoms. The summed E-state index contributed by atoms with van der Waals surface area (Å²) >= 11 is 5.59. The lowest BCUT2D eigenvalue weighted by molar-refractivity contribution is -0.122. The minimum Gasteiger partial charge on any atom is -0.484 e. The molecule has 0 radical (unpaired) electrons. The second-order valence-corrected chi connectivity index (χ2v) is 7.45. The van der Waals surface area contributed by atoms with E-state index in [0.717, 1.165) is 11.6 Å². The van der Waals surface area contributed by atoms with Crippen LogP contribution in [0.25, 0.3) is 0 Å². The van der Waals surface area contributed by atoms with E-state index < -0.39 is 11.7 Å². The van der Waals surface area contributed by atoms with Crippen LogP contribution >= 0.6 is 11.6 Å². The van der Waals surface area contributed by atoms with Gasteiger partial charge in [0.05, 0.1) is 5.02 Å². The van der Waals surface area contributed by atoms with Crippen LogP contribution < -0.4 is 20.9 Å². The van der Waals surface area contributed by atoms with Gasteiger partial charge >= 0.3 is 0 Å². The molecule has 8 nitrogen and oxygen atoms in total. The second-order valence-electron chi connectivity index (χ2n) is 7.04. The van der Waals surface area contributed by atoms with Crippen molar-refractivity contribution in [2.45, 2.75) is 20.3 Å². The molecule has 174 valence electrons. The van der Waals surface area contributed by atoms with E-state index in [1.807, 2.05) is 6.92 Å². The van der Waals surface area contributed by atoms with Crippen LogP contribution in [0.4, 0.5) is 4.39 Å². The summed E-state index contributed by atoms with van der Waals surface area (Å²) in [7, 11) is 0. The van der Waals surface area contributed by atoms with Gasteiger partial charge in [-0.3, -0.25) is 19.0 Å². The average Bonchev–Trinajstić information content (AvgIpc) is 2.78. The van der Waals surface area contributed by atoms with Gasteiger partial charge < -0.3 is 15.4 Å². The smallest absolute Gasteiger partial charge is 0.262 e. The van der Waals surface area contributed by atoms with Crippen LogP contribution in [-0.4, -0.2) is 35.9 Å². The van der Waals surface area contributed by atoms with Crippen LogP contribution in [-0.2, 0) is 14.4 Å². The van der Waals surface area contributed by atoms with E-state index >= 15 is 0 Å². The Morgan fingerprint density at radius 2 is 2.06 bits per heavy atom. The molecule has 0 aliphatic rings. The third-order valence-corrected chi connectivity index (χ3v) is 4.58. The standard InChI is InChI=1S/C23H24ClFN4O4/c1-15-7-9-29(14-30)21(10-15)27-12-16(2)23(32)26-8-6-17(3)28-22(31)13-33-18-4-5-19(24)20(25)11-18/h4-5,7,9-12,14H,3,6,8,13H2,1-2H3,(H,26,32)(H,28,31)/b16-12+,27-21?. The molecule has 0 aliphatic carbocycles. The van der Waals surface area contributed by atoms with Gasteiger partial charge in [0, 0.05) is 42.7 Å². The van der Waals surface area contributed by atoms with E-state index in [-0.39, 0.29) is 29.8 Å². The number of hydrogen-bond acceptors (Lipinski definition) is 5. The molecule has 2 rings (SSSR count). The number of nitrogens with zero attached hydrogens (tertiary/aromatic N) is 2. The number of amides is 2. The fourth-order valence-electron chi connectivity index (χ4n) is 2.49. The molecular weight excluding hydrogens is 451 g/mol. The summed E-state index contributed by atoms with van der Waals surface area (Å²) in [6.45, 7) is 7.08. The summed E-state index contributed by atoms with van der Waals surface area (Å²) < 4.78 is 19.9. The highest BCUT2D eigenvalue weighted by Gasteiger charge is 2.08. The van der Waals surface area contributed by atoms with Crippen LogP contribution in [0.5, 0.6) is 5.75 Å². The van der Waals surface area contributed by atoms with Gasteiger partial charge in [-0.15, -0.1) is 0 Å². The first-order valence-corrected chi connectivity index (χ1v) is 10.3. The van der Waals surface area contributed by atoms with Gasteiger partial charge in [-0.25, -0.2) is 9.38 Å². The molecule has 0 bridgehead atoms. The number of aromatic nitrogens is 1. The normalized spacial score (nSPS) is 11.6. The summed E-state index contributed by atoms with van der Waals surface area (Å²) in [5, 5.41) is 5.20. The molecule has 0 saturated carbocycles. The number of carbonyl (C=O) groups is 3. The van der Waals surface area contributed by atoms with E-state index in [9.17, 15) is 18.8 Å². The minimum absolute atomic E-state index is 0.0410. The van der Waals surface area contributed by atoms with E-state index in [1.54, 1.807) is 25.3 Å². The van der Waals surface area contributed by atoms with Gasteiger partial charge in [0.25, 0.3) is 5.91 Å². The van der Waals surface area contributed by atoms with E-state index in [2.05, 4.69) is 22.2 Å². The van der Waals surface area contributed by atoms with Gasteiger partial charge in [-0.05, 0) is 43.7 Å². The number of benzene rings is 1. The molecule has 0 atom stereocenters. The second kappa shape index (κ2) is 12.4. The van der Waals surface area contributed by atoms with Crippen LogP contribution in [0, 0.1) is 12.7 Å². The Morgan fingerprint density at radius 1 is 1.30 bits per heavy atom. The van der Waals surface area contributed by atoms with Gasteiger partial charge in [-0.1, -0.05) is 18.2 Å². The van der Waals surface area contributed by atoms with Gasteiger partial charge in [0.2, 0.25) is 12.3 Å². The molecular formula is C23H24ClFN4O4. The zero-order valence-electron chi connectivity index (χ0n) is 18.2. The van der Waals surface area contributed by atoms with Crippen molar-refractivity contribution in [1.82, 2.24) is 15.2 Å². The van der Waals surface area contributed by atoms with Crippen molar-refractivity contribution in [1.29, 1.82) is 0 Å². The number of halogens is 2. The van der Waals surface area contributed by atoms with E-state index in [0.29, 0.717) is 29.6 Å². The third kappa shape index (κ3) is 8.38. The predicted molar refractivity (Wildman–Crippen MR) is 122 cm³/mol. The van der Waals surface area contributed by atoms with Gasteiger partial charge in [0.15, 0.2) is 6.61 Å². The highest BCUT2D eigenvalue weighted by molar-refractivity contribution is 6.30. The number of rotatable bonds is 10. The molecule has 10 heteroatoms. The van der Waals surface area contributed by atoms with Gasteiger partial charge in [-0.2, -0.15) is 0 Å². The highest BCUT2D eigenvalue weighted by atomic mass is 35.5. The predicted octanol–water partition coefficient (Wildman–Crippen LogP) is 2.65. The zero-order chi connectivity index (χ0) is 24.4. The number of nitrogens with one attached hydrogen (secondary N) is 2. The first kappa shape index (κ1) is 25.5. The fraction of sp³-hybridized carbons (Fsp3) is 0.217. The first-order valence-electron chi connectivity index (χ1n) is 9.88. The van der Waals surface area contributed by atoms with Crippen LogP contribution in [0.1, 0.15) is 18.9 Å².